The molecule has 2 N–H and O–H groups in total. The summed E-state index contributed by atoms with van der Waals surface area (Å²) in [5, 5.41) is 12.2. The van der Waals surface area contributed by atoms with Crippen LogP contribution in [0.15, 0.2) is 35.4 Å². The monoisotopic (exact) mass is 222 g/mol. The molecule has 0 heterocycles. The van der Waals surface area contributed by atoms with Crippen molar-refractivity contribution in [1.29, 1.82) is 0 Å². The molecule has 1 rings (SSSR count). The first-order valence-electron chi connectivity index (χ1n) is 4.88. The van der Waals surface area contributed by atoms with E-state index in [4.69, 9.17) is 9.84 Å². The third-order valence-electron chi connectivity index (χ3n) is 1.78. The van der Waals surface area contributed by atoms with Crippen molar-refractivity contribution < 1.29 is 14.6 Å². The van der Waals surface area contributed by atoms with Crippen LogP contribution in [0.1, 0.15) is 6.92 Å². The predicted molar refractivity (Wildman–Crippen MR) is 60.7 cm³/mol. The van der Waals surface area contributed by atoms with Gasteiger partial charge in [-0.05, 0) is 19.1 Å². The van der Waals surface area contributed by atoms with Crippen LogP contribution in [0.3, 0.4) is 0 Å². The zero-order valence-electron chi connectivity index (χ0n) is 9.01. The highest BCUT2D eigenvalue weighted by atomic mass is 16.5. The Labute approximate surface area is 93.7 Å². The maximum atomic E-state index is 10.4. The van der Waals surface area contributed by atoms with Crippen molar-refractivity contribution in [3.63, 3.8) is 0 Å². The van der Waals surface area contributed by atoms with Gasteiger partial charge in [-0.1, -0.05) is 18.2 Å². The largest absolute Gasteiger partial charge is 0.492 e. The van der Waals surface area contributed by atoms with Gasteiger partial charge in [0.2, 0.25) is 0 Å². The van der Waals surface area contributed by atoms with Crippen LogP contribution in [0.2, 0.25) is 0 Å². The van der Waals surface area contributed by atoms with Gasteiger partial charge in [0, 0.05) is 0 Å². The fraction of sp³-hybridized carbons (Fsp3) is 0.273. The van der Waals surface area contributed by atoms with Gasteiger partial charge >= 0.3 is 5.97 Å². The number of benzene rings is 1. The molecule has 5 heteroatoms. The first-order valence-corrected chi connectivity index (χ1v) is 4.88. The van der Waals surface area contributed by atoms with Crippen molar-refractivity contribution in [3.8, 4) is 5.75 Å². The zero-order chi connectivity index (χ0) is 11.8. The molecule has 0 bridgehead atoms. The molecule has 0 saturated heterocycles. The van der Waals surface area contributed by atoms with Crippen LogP contribution < -0.4 is 10.2 Å². The number of aliphatic carboxylic acids is 1. The third-order valence-corrected chi connectivity index (χ3v) is 1.78. The highest BCUT2D eigenvalue weighted by Crippen LogP contribution is 2.07. The molecule has 0 radical (unpaired) electrons. The molecule has 0 spiro atoms. The number of para-hydroxylation sites is 1. The Morgan fingerprint density at radius 3 is 2.75 bits per heavy atom. The van der Waals surface area contributed by atoms with Crippen LogP contribution in [0, 0.1) is 0 Å². The molecular formula is C11H14N2O3. The first-order chi connectivity index (χ1) is 7.70. The standard InChI is InChI=1S/C11H14N2O3/c1-9(11(14)15)13-12-7-8-16-10-5-3-2-4-6-10/h2-6,12H,7-8H2,1H3,(H,14,15). The lowest BCUT2D eigenvalue weighted by atomic mass is 10.3. The Balaban J connectivity index is 2.18. The second kappa shape index (κ2) is 6.44. The fourth-order valence-corrected chi connectivity index (χ4v) is 0.954. The summed E-state index contributed by atoms with van der Waals surface area (Å²) >= 11 is 0. The number of nitrogens with one attached hydrogen (secondary N) is 1. The highest BCUT2D eigenvalue weighted by molar-refractivity contribution is 6.34. The van der Waals surface area contributed by atoms with E-state index in [2.05, 4.69) is 10.5 Å². The van der Waals surface area contributed by atoms with Gasteiger partial charge in [-0.3, -0.25) is 0 Å². The van der Waals surface area contributed by atoms with E-state index in [0.717, 1.165) is 5.75 Å². The first kappa shape index (κ1) is 12.0. The topological polar surface area (TPSA) is 70.9 Å². The normalized spacial score (nSPS) is 10.9. The minimum absolute atomic E-state index is 0.0275. The molecule has 1 aromatic rings. The second-order valence-electron chi connectivity index (χ2n) is 3.07. The lowest BCUT2D eigenvalue weighted by Crippen LogP contribution is -2.20. The predicted octanol–water partition coefficient (Wildman–Crippen LogP) is 1.12. The average molecular weight is 222 g/mol. The van der Waals surface area contributed by atoms with E-state index in [1.165, 1.54) is 6.92 Å². The van der Waals surface area contributed by atoms with Crippen molar-refractivity contribution >= 4 is 11.7 Å². The number of hydrogen-bond acceptors (Lipinski definition) is 4. The lowest BCUT2D eigenvalue weighted by molar-refractivity contribution is -0.129. The molecule has 0 unspecified atom stereocenters. The summed E-state index contributed by atoms with van der Waals surface area (Å²) in [7, 11) is 0. The third kappa shape index (κ3) is 4.45. The Kier molecular flexibility index (Phi) is 4.85. The Morgan fingerprint density at radius 2 is 2.12 bits per heavy atom. The molecule has 0 amide bonds. The van der Waals surface area contributed by atoms with E-state index in [0.29, 0.717) is 13.2 Å². The van der Waals surface area contributed by atoms with Gasteiger partial charge in [0.25, 0.3) is 0 Å². The van der Waals surface area contributed by atoms with Gasteiger partial charge < -0.3 is 15.3 Å². The van der Waals surface area contributed by atoms with Gasteiger partial charge in [0.1, 0.15) is 18.1 Å². The van der Waals surface area contributed by atoms with Crippen LogP contribution in [-0.4, -0.2) is 29.9 Å². The van der Waals surface area contributed by atoms with Crippen LogP contribution in [0.25, 0.3) is 0 Å². The number of carbonyl (C=O) groups is 1. The summed E-state index contributed by atoms with van der Waals surface area (Å²) in [5.41, 5.74) is 2.65. The van der Waals surface area contributed by atoms with E-state index < -0.39 is 5.97 Å². The fourth-order valence-electron chi connectivity index (χ4n) is 0.954. The Hall–Kier alpha value is -2.04. The smallest absolute Gasteiger partial charge is 0.351 e. The molecule has 0 fully saturated rings. The average Bonchev–Trinajstić information content (AvgIpc) is 2.29. The van der Waals surface area contributed by atoms with Gasteiger partial charge in [0.05, 0.1) is 6.54 Å². The number of carboxylic acid groups (broad SMARTS) is 1. The maximum Gasteiger partial charge on any atom is 0.351 e. The molecule has 0 aliphatic carbocycles. The van der Waals surface area contributed by atoms with Crippen LogP contribution in [-0.2, 0) is 4.79 Å². The van der Waals surface area contributed by atoms with Gasteiger partial charge in [-0.15, -0.1) is 0 Å². The number of carboxylic acids is 1. The zero-order valence-corrected chi connectivity index (χ0v) is 9.01. The van der Waals surface area contributed by atoms with Crippen molar-refractivity contribution in [2.45, 2.75) is 6.92 Å². The summed E-state index contributed by atoms with van der Waals surface area (Å²) in [6, 6.07) is 9.38. The minimum atomic E-state index is -1.03. The number of ether oxygens (including phenoxy) is 1. The van der Waals surface area contributed by atoms with E-state index >= 15 is 0 Å². The molecular weight excluding hydrogens is 208 g/mol. The number of hydrazone groups is 1. The number of hydrogen-bond donors (Lipinski definition) is 2. The molecule has 0 aromatic heterocycles. The Morgan fingerprint density at radius 1 is 1.44 bits per heavy atom. The van der Waals surface area contributed by atoms with Crippen molar-refractivity contribution in [2.24, 2.45) is 5.10 Å². The van der Waals surface area contributed by atoms with Crippen LogP contribution in [0.4, 0.5) is 0 Å². The summed E-state index contributed by atoms with van der Waals surface area (Å²) < 4.78 is 5.37. The van der Waals surface area contributed by atoms with Crippen molar-refractivity contribution in [1.82, 2.24) is 5.43 Å². The summed E-state index contributed by atoms with van der Waals surface area (Å²) in [4.78, 5) is 10.4. The maximum absolute atomic E-state index is 10.4. The SMILES string of the molecule is CC(=NNCCOc1ccccc1)C(=O)O. The van der Waals surface area contributed by atoms with Crippen molar-refractivity contribution in [2.75, 3.05) is 13.2 Å². The van der Waals surface area contributed by atoms with E-state index in [1.54, 1.807) is 0 Å². The molecule has 0 saturated carbocycles. The number of nitrogens with zero attached hydrogens (tertiary/aromatic N) is 1. The molecule has 86 valence electrons. The minimum Gasteiger partial charge on any atom is -0.492 e. The molecule has 5 nitrogen and oxygen atoms in total. The van der Waals surface area contributed by atoms with Gasteiger partial charge in [-0.25, -0.2) is 4.79 Å². The highest BCUT2D eigenvalue weighted by Gasteiger charge is 1.99. The molecule has 0 aliphatic heterocycles. The summed E-state index contributed by atoms with van der Waals surface area (Å²) in [5.74, 6) is -0.250. The van der Waals surface area contributed by atoms with Crippen molar-refractivity contribution in [3.05, 3.63) is 30.3 Å². The second-order valence-corrected chi connectivity index (χ2v) is 3.07. The summed E-state index contributed by atoms with van der Waals surface area (Å²) in [6.45, 7) is 2.31. The molecule has 1 aromatic carbocycles. The van der Waals surface area contributed by atoms with E-state index in [1.807, 2.05) is 30.3 Å². The van der Waals surface area contributed by atoms with Crippen LogP contribution in [0.5, 0.6) is 5.75 Å². The van der Waals surface area contributed by atoms with Gasteiger partial charge in [0.15, 0.2) is 0 Å². The quantitative estimate of drug-likeness (QED) is 0.430. The molecule has 0 atom stereocenters. The van der Waals surface area contributed by atoms with E-state index in [9.17, 15) is 4.79 Å². The number of rotatable bonds is 6. The van der Waals surface area contributed by atoms with Gasteiger partial charge in [-0.2, -0.15) is 5.10 Å². The lowest BCUT2D eigenvalue weighted by Gasteiger charge is -2.05. The Bertz CT molecular complexity index is 363. The van der Waals surface area contributed by atoms with E-state index in [-0.39, 0.29) is 5.71 Å². The molecule has 0 aliphatic rings. The summed E-state index contributed by atoms with van der Waals surface area (Å²) in [6.07, 6.45) is 0. The molecule has 16 heavy (non-hydrogen) atoms. The van der Waals surface area contributed by atoms with Crippen LogP contribution >= 0.6 is 0 Å².